The summed E-state index contributed by atoms with van der Waals surface area (Å²) >= 11 is 1.77. The molecule has 96 valence electrons. The van der Waals surface area contributed by atoms with Gasteiger partial charge in [0.1, 0.15) is 0 Å². The van der Waals surface area contributed by atoms with Gasteiger partial charge in [-0.2, -0.15) is 0 Å². The Morgan fingerprint density at radius 2 is 2.29 bits per heavy atom. The molecule has 0 atom stereocenters. The van der Waals surface area contributed by atoms with E-state index in [2.05, 4.69) is 10.3 Å². The molecule has 3 N–H and O–H groups in total. The van der Waals surface area contributed by atoms with Crippen LogP contribution in [0.3, 0.4) is 0 Å². The Morgan fingerprint density at radius 1 is 1.53 bits per heavy atom. The normalized spacial score (nSPS) is 25.1. The number of amides is 1. The van der Waals surface area contributed by atoms with Crippen LogP contribution in [0.25, 0.3) is 0 Å². The van der Waals surface area contributed by atoms with Crippen LogP contribution in [-0.4, -0.2) is 42.1 Å². The van der Waals surface area contributed by atoms with Gasteiger partial charge in [-0.15, -0.1) is 0 Å². The number of thioether (sulfide) groups is 1. The minimum atomic E-state index is -0.252. The van der Waals surface area contributed by atoms with Crippen LogP contribution in [0.2, 0.25) is 0 Å². The molecule has 1 spiro atoms. The summed E-state index contributed by atoms with van der Waals surface area (Å²) in [5.41, 5.74) is 5.28. The average Bonchev–Trinajstić information content (AvgIpc) is 2.69. The predicted octanol–water partition coefficient (Wildman–Crippen LogP) is 0.493. The molecule has 0 aromatic carbocycles. The monoisotopic (exact) mass is 257 g/mol. The molecule has 2 aliphatic rings. The zero-order chi connectivity index (χ0) is 12.1. The van der Waals surface area contributed by atoms with Crippen molar-refractivity contribution < 1.29 is 9.53 Å². The van der Waals surface area contributed by atoms with Gasteiger partial charge in [-0.3, -0.25) is 9.79 Å². The lowest BCUT2D eigenvalue weighted by molar-refractivity contribution is -0.118. The Morgan fingerprint density at radius 3 is 3.00 bits per heavy atom. The molecule has 0 radical (unpaired) electrons. The first kappa shape index (κ1) is 12.7. The van der Waals surface area contributed by atoms with Gasteiger partial charge >= 0.3 is 0 Å². The maximum atomic E-state index is 10.6. The van der Waals surface area contributed by atoms with Gasteiger partial charge in [0.25, 0.3) is 0 Å². The highest BCUT2D eigenvalue weighted by atomic mass is 32.2. The number of amidine groups is 1. The molecule has 2 heterocycles. The third-order valence-electron chi connectivity index (χ3n) is 3.14. The number of aliphatic imine (C=N–C) groups is 1. The fourth-order valence-corrected chi connectivity index (χ4v) is 3.30. The number of rotatable bonds is 4. The summed E-state index contributed by atoms with van der Waals surface area (Å²) in [5.74, 6) is 0.823. The topological polar surface area (TPSA) is 76.7 Å². The van der Waals surface area contributed by atoms with E-state index in [1.807, 2.05) is 0 Å². The van der Waals surface area contributed by atoms with Crippen molar-refractivity contribution in [2.24, 2.45) is 10.7 Å². The maximum Gasteiger partial charge on any atom is 0.217 e. The minimum absolute atomic E-state index is 0.200. The Bertz CT molecular complexity index is 314. The van der Waals surface area contributed by atoms with Crippen molar-refractivity contribution in [2.75, 3.05) is 25.5 Å². The van der Waals surface area contributed by atoms with Gasteiger partial charge < -0.3 is 15.8 Å². The van der Waals surface area contributed by atoms with E-state index in [0.717, 1.165) is 43.4 Å². The molecule has 6 heteroatoms. The molecule has 1 amide bonds. The fourth-order valence-electron chi connectivity index (χ4n) is 2.06. The first-order chi connectivity index (χ1) is 8.20. The lowest BCUT2D eigenvalue weighted by Gasteiger charge is -2.32. The number of carbonyl (C=O) groups excluding carboxylic acids is 1. The Labute approximate surface area is 106 Å². The number of nitrogens with zero attached hydrogens (tertiary/aromatic N) is 1. The van der Waals surface area contributed by atoms with Crippen LogP contribution in [-0.2, 0) is 9.53 Å². The number of nitrogens with two attached hydrogens (primary N) is 1. The molecular formula is C11H19N3O2S. The van der Waals surface area contributed by atoms with Gasteiger partial charge in [-0.25, -0.2) is 0 Å². The highest BCUT2D eigenvalue weighted by molar-refractivity contribution is 8.14. The van der Waals surface area contributed by atoms with Crippen molar-refractivity contribution >= 4 is 22.8 Å². The standard InChI is InChI=1S/C11H19N3O2S/c12-9(15)2-1-5-13-10-14-11(8-17-10)3-6-16-7-4-11/h1-8H2,(H2,12,15)(H,13,14). The summed E-state index contributed by atoms with van der Waals surface area (Å²) in [5, 5.41) is 4.52. The molecule has 0 bridgehead atoms. The van der Waals surface area contributed by atoms with Crippen LogP contribution in [0.15, 0.2) is 4.99 Å². The molecule has 2 saturated heterocycles. The van der Waals surface area contributed by atoms with Crippen LogP contribution in [0.5, 0.6) is 0 Å². The van der Waals surface area contributed by atoms with E-state index >= 15 is 0 Å². The summed E-state index contributed by atoms with van der Waals surface area (Å²) in [6, 6.07) is 0. The summed E-state index contributed by atoms with van der Waals surface area (Å²) in [6.45, 7) is 2.34. The smallest absolute Gasteiger partial charge is 0.217 e. The number of hydrogen-bond acceptors (Lipinski definition) is 4. The summed E-state index contributed by atoms with van der Waals surface area (Å²) < 4.78 is 5.38. The largest absolute Gasteiger partial charge is 0.381 e. The zero-order valence-electron chi connectivity index (χ0n) is 9.91. The molecule has 5 nitrogen and oxygen atoms in total. The molecule has 2 rings (SSSR count). The number of primary amides is 1. The van der Waals surface area contributed by atoms with Crippen LogP contribution in [0, 0.1) is 0 Å². The lowest BCUT2D eigenvalue weighted by atomic mass is 9.93. The van der Waals surface area contributed by atoms with E-state index in [9.17, 15) is 4.79 Å². The van der Waals surface area contributed by atoms with Gasteiger partial charge in [0.15, 0.2) is 5.17 Å². The minimum Gasteiger partial charge on any atom is -0.381 e. The summed E-state index contributed by atoms with van der Waals surface area (Å²) in [6.07, 6.45) is 3.26. The first-order valence-electron chi connectivity index (χ1n) is 6.02. The number of carbonyl (C=O) groups is 1. The molecule has 0 saturated carbocycles. The van der Waals surface area contributed by atoms with Crippen molar-refractivity contribution in [1.29, 1.82) is 0 Å². The second-order valence-electron chi connectivity index (χ2n) is 4.56. The van der Waals surface area contributed by atoms with Crippen molar-refractivity contribution in [2.45, 2.75) is 31.2 Å². The molecule has 0 unspecified atom stereocenters. The van der Waals surface area contributed by atoms with Crippen LogP contribution in [0.1, 0.15) is 25.7 Å². The molecular weight excluding hydrogens is 238 g/mol. The second-order valence-corrected chi connectivity index (χ2v) is 5.53. The van der Waals surface area contributed by atoms with E-state index in [1.54, 1.807) is 11.8 Å². The van der Waals surface area contributed by atoms with Gasteiger partial charge in [0, 0.05) is 31.9 Å². The van der Waals surface area contributed by atoms with Crippen molar-refractivity contribution in [3.8, 4) is 0 Å². The predicted molar refractivity (Wildman–Crippen MR) is 69.1 cm³/mol. The molecule has 0 aliphatic carbocycles. The van der Waals surface area contributed by atoms with Crippen molar-refractivity contribution in [3.05, 3.63) is 0 Å². The van der Waals surface area contributed by atoms with Crippen molar-refractivity contribution in [1.82, 2.24) is 5.32 Å². The van der Waals surface area contributed by atoms with Gasteiger partial charge in [-0.1, -0.05) is 11.8 Å². The van der Waals surface area contributed by atoms with Crippen LogP contribution in [0.4, 0.5) is 0 Å². The fraction of sp³-hybridized carbons (Fsp3) is 0.818. The third-order valence-corrected chi connectivity index (χ3v) is 4.35. The number of nitrogens with one attached hydrogen (secondary N) is 1. The number of ether oxygens (including phenoxy) is 1. The molecule has 17 heavy (non-hydrogen) atoms. The summed E-state index contributed by atoms with van der Waals surface area (Å²) in [7, 11) is 0. The second kappa shape index (κ2) is 5.73. The van der Waals surface area contributed by atoms with Crippen molar-refractivity contribution in [3.63, 3.8) is 0 Å². The third kappa shape index (κ3) is 3.61. The van der Waals surface area contributed by atoms with Gasteiger partial charge in [-0.05, 0) is 19.3 Å². The van der Waals surface area contributed by atoms with E-state index in [0.29, 0.717) is 13.0 Å². The maximum absolute atomic E-state index is 10.6. The molecule has 2 aliphatic heterocycles. The Hall–Kier alpha value is -0.750. The molecule has 0 aromatic heterocycles. The SMILES string of the molecule is NC(=O)CCCN=C1NC2(CCOCC2)CS1. The van der Waals surface area contributed by atoms with Gasteiger partial charge in [0.05, 0.1) is 5.54 Å². The lowest BCUT2D eigenvalue weighted by Crippen LogP contribution is -2.48. The van der Waals surface area contributed by atoms with E-state index < -0.39 is 0 Å². The highest BCUT2D eigenvalue weighted by Crippen LogP contribution is 2.31. The number of hydrogen-bond donors (Lipinski definition) is 2. The Balaban J connectivity index is 1.76. The van der Waals surface area contributed by atoms with E-state index in [-0.39, 0.29) is 11.4 Å². The zero-order valence-corrected chi connectivity index (χ0v) is 10.7. The average molecular weight is 257 g/mol. The van der Waals surface area contributed by atoms with E-state index in [4.69, 9.17) is 10.5 Å². The van der Waals surface area contributed by atoms with Gasteiger partial charge in [0.2, 0.25) is 5.91 Å². The Kier molecular flexibility index (Phi) is 4.28. The van der Waals surface area contributed by atoms with Crippen LogP contribution >= 0.6 is 11.8 Å². The quantitative estimate of drug-likeness (QED) is 0.719. The molecule has 2 fully saturated rings. The molecule has 0 aromatic rings. The van der Waals surface area contributed by atoms with Crippen LogP contribution < -0.4 is 11.1 Å². The van der Waals surface area contributed by atoms with E-state index in [1.165, 1.54) is 0 Å². The summed E-state index contributed by atoms with van der Waals surface area (Å²) in [4.78, 5) is 15.0. The first-order valence-corrected chi connectivity index (χ1v) is 7.00. The highest BCUT2D eigenvalue weighted by Gasteiger charge is 2.38.